The SMILES string of the molecule is O=C(Nc1cc(F)ccc1Cl)c1cc2n(n1)C[C@H](c1ccc(Br)cc1)OC2. The van der Waals surface area contributed by atoms with Crippen LogP contribution in [0.25, 0.3) is 0 Å². The van der Waals surface area contributed by atoms with Gasteiger partial charge in [0.05, 0.1) is 29.6 Å². The lowest BCUT2D eigenvalue weighted by atomic mass is 10.1. The van der Waals surface area contributed by atoms with Crippen LogP contribution in [0.15, 0.2) is 53.0 Å². The molecule has 3 aromatic rings. The second kappa shape index (κ2) is 7.42. The molecule has 5 nitrogen and oxygen atoms in total. The van der Waals surface area contributed by atoms with Crippen LogP contribution in [-0.4, -0.2) is 15.7 Å². The Morgan fingerprint density at radius 1 is 1.26 bits per heavy atom. The summed E-state index contributed by atoms with van der Waals surface area (Å²) in [6, 6.07) is 13.3. The number of hydrogen-bond donors (Lipinski definition) is 1. The number of hydrogen-bond acceptors (Lipinski definition) is 3. The third-order valence-electron chi connectivity index (χ3n) is 4.29. The van der Waals surface area contributed by atoms with Crippen molar-refractivity contribution in [2.75, 3.05) is 5.32 Å². The van der Waals surface area contributed by atoms with E-state index in [1.54, 1.807) is 10.7 Å². The molecule has 1 aromatic heterocycles. The van der Waals surface area contributed by atoms with Gasteiger partial charge in [-0.05, 0) is 42.0 Å². The Morgan fingerprint density at radius 3 is 2.81 bits per heavy atom. The average Bonchev–Trinajstić information content (AvgIpc) is 3.09. The Morgan fingerprint density at radius 2 is 2.04 bits per heavy atom. The predicted octanol–water partition coefficient (Wildman–Crippen LogP) is 4.96. The van der Waals surface area contributed by atoms with E-state index >= 15 is 0 Å². The van der Waals surface area contributed by atoms with E-state index in [4.69, 9.17) is 16.3 Å². The molecule has 2 heterocycles. The van der Waals surface area contributed by atoms with Crippen LogP contribution in [0.5, 0.6) is 0 Å². The molecule has 0 saturated heterocycles. The van der Waals surface area contributed by atoms with Gasteiger partial charge in [-0.2, -0.15) is 5.10 Å². The minimum atomic E-state index is -0.482. The van der Waals surface area contributed by atoms with Crippen molar-refractivity contribution in [1.82, 2.24) is 9.78 Å². The third kappa shape index (κ3) is 3.90. The van der Waals surface area contributed by atoms with Crippen LogP contribution in [-0.2, 0) is 17.9 Å². The van der Waals surface area contributed by atoms with Crippen molar-refractivity contribution in [3.05, 3.63) is 80.8 Å². The molecule has 4 rings (SSSR count). The van der Waals surface area contributed by atoms with Crippen LogP contribution in [0.3, 0.4) is 0 Å². The number of ether oxygens (including phenoxy) is 1. The molecule has 1 atom stereocenters. The highest BCUT2D eigenvalue weighted by atomic mass is 79.9. The summed E-state index contributed by atoms with van der Waals surface area (Å²) in [7, 11) is 0. The quantitative estimate of drug-likeness (QED) is 0.613. The highest BCUT2D eigenvalue weighted by molar-refractivity contribution is 9.10. The molecular weight excluding hydrogens is 437 g/mol. The number of carbonyl (C=O) groups is 1. The van der Waals surface area contributed by atoms with Crippen molar-refractivity contribution in [2.24, 2.45) is 0 Å². The number of halogens is 3. The first kappa shape index (κ1) is 18.2. The van der Waals surface area contributed by atoms with Crippen molar-refractivity contribution >= 4 is 39.1 Å². The summed E-state index contributed by atoms with van der Waals surface area (Å²) in [5.74, 6) is -0.936. The first-order chi connectivity index (χ1) is 13.0. The number of anilines is 1. The molecule has 1 amide bonds. The molecule has 27 heavy (non-hydrogen) atoms. The summed E-state index contributed by atoms with van der Waals surface area (Å²) < 4.78 is 22.0. The van der Waals surface area contributed by atoms with Gasteiger partial charge in [-0.3, -0.25) is 9.48 Å². The number of aromatic nitrogens is 2. The number of fused-ring (bicyclic) bond motifs is 1. The number of nitrogens with zero attached hydrogens (tertiary/aromatic N) is 2. The molecule has 138 valence electrons. The first-order valence-corrected chi connectivity index (χ1v) is 9.37. The molecule has 0 unspecified atom stereocenters. The smallest absolute Gasteiger partial charge is 0.276 e. The fraction of sp³-hybridized carbons (Fsp3) is 0.158. The summed E-state index contributed by atoms with van der Waals surface area (Å²) in [5, 5.41) is 7.22. The van der Waals surface area contributed by atoms with Gasteiger partial charge >= 0.3 is 0 Å². The van der Waals surface area contributed by atoms with Gasteiger partial charge < -0.3 is 10.1 Å². The topological polar surface area (TPSA) is 56.2 Å². The number of nitrogens with one attached hydrogen (secondary N) is 1. The van der Waals surface area contributed by atoms with Crippen LogP contribution >= 0.6 is 27.5 Å². The fourth-order valence-corrected chi connectivity index (χ4v) is 3.32. The van der Waals surface area contributed by atoms with Gasteiger partial charge in [-0.15, -0.1) is 0 Å². The molecule has 1 aliphatic heterocycles. The summed E-state index contributed by atoms with van der Waals surface area (Å²) >= 11 is 9.41. The Bertz CT molecular complexity index is 1010. The van der Waals surface area contributed by atoms with E-state index in [1.165, 1.54) is 18.2 Å². The molecule has 1 N–H and O–H groups in total. The lowest BCUT2D eigenvalue weighted by Gasteiger charge is -2.24. The van der Waals surface area contributed by atoms with Crippen LogP contribution in [0.2, 0.25) is 5.02 Å². The Kier molecular flexibility index (Phi) is 4.99. The molecule has 0 aliphatic carbocycles. The normalized spacial score (nSPS) is 16.0. The maximum absolute atomic E-state index is 13.4. The van der Waals surface area contributed by atoms with E-state index in [1.807, 2.05) is 24.3 Å². The Balaban J connectivity index is 1.52. The monoisotopic (exact) mass is 449 g/mol. The molecule has 0 saturated carbocycles. The maximum atomic E-state index is 13.4. The Labute approximate surface area is 168 Å². The van der Waals surface area contributed by atoms with Gasteiger partial charge in [0, 0.05) is 4.47 Å². The third-order valence-corrected chi connectivity index (χ3v) is 5.14. The summed E-state index contributed by atoms with van der Waals surface area (Å²) in [5.41, 5.74) is 2.28. The van der Waals surface area contributed by atoms with Crippen molar-refractivity contribution in [2.45, 2.75) is 19.3 Å². The average molecular weight is 451 g/mol. The maximum Gasteiger partial charge on any atom is 0.276 e. The Hall–Kier alpha value is -2.22. The molecule has 1 aliphatic rings. The zero-order valence-corrected chi connectivity index (χ0v) is 16.3. The summed E-state index contributed by atoms with van der Waals surface area (Å²) in [6.07, 6.45) is -0.140. The molecule has 8 heteroatoms. The van der Waals surface area contributed by atoms with Gasteiger partial charge in [0.1, 0.15) is 11.9 Å². The molecular formula is C19H14BrClFN3O2. The van der Waals surface area contributed by atoms with Crippen molar-refractivity contribution in [3.8, 4) is 0 Å². The lowest BCUT2D eigenvalue weighted by Crippen LogP contribution is -2.22. The van der Waals surface area contributed by atoms with Crippen molar-refractivity contribution < 1.29 is 13.9 Å². The highest BCUT2D eigenvalue weighted by Crippen LogP contribution is 2.28. The van der Waals surface area contributed by atoms with Gasteiger partial charge in [0.25, 0.3) is 5.91 Å². The summed E-state index contributed by atoms with van der Waals surface area (Å²) in [6.45, 7) is 0.854. The molecule has 0 spiro atoms. The number of amides is 1. The van der Waals surface area contributed by atoms with Crippen LogP contribution in [0, 0.1) is 5.82 Å². The molecule has 0 bridgehead atoms. The predicted molar refractivity (Wildman–Crippen MR) is 103 cm³/mol. The molecule has 2 aromatic carbocycles. The van der Waals surface area contributed by atoms with Crippen LogP contribution in [0.4, 0.5) is 10.1 Å². The zero-order chi connectivity index (χ0) is 19.0. The van der Waals surface area contributed by atoms with Crippen molar-refractivity contribution in [3.63, 3.8) is 0 Å². The number of rotatable bonds is 3. The van der Waals surface area contributed by atoms with Crippen LogP contribution < -0.4 is 5.32 Å². The van der Waals surface area contributed by atoms with Gasteiger partial charge in [-0.25, -0.2) is 4.39 Å². The van der Waals surface area contributed by atoms with Crippen LogP contribution in [0.1, 0.15) is 27.8 Å². The van der Waals surface area contributed by atoms with E-state index in [0.717, 1.165) is 15.7 Å². The highest BCUT2D eigenvalue weighted by Gasteiger charge is 2.24. The van der Waals surface area contributed by atoms with Gasteiger partial charge in [0.2, 0.25) is 0 Å². The minimum Gasteiger partial charge on any atom is -0.365 e. The van der Waals surface area contributed by atoms with E-state index in [0.29, 0.717) is 13.2 Å². The summed E-state index contributed by atoms with van der Waals surface area (Å²) in [4.78, 5) is 12.5. The van der Waals surface area contributed by atoms with Gasteiger partial charge in [0.15, 0.2) is 5.69 Å². The van der Waals surface area contributed by atoms with Crippen molar-refractivity contribution in [1.29, 1.82) is 0 Å². The fourth-order valence-electron chi connectivity index (χ4n) is 2.90. The largest absolute Gasteiger partial charge is 0.365 e. The van der Waals surface area contributed by atoms with E-state index in [9.17, 15) is 9.18 Å². The second-order valence-corrected chi connectivity index (χ2v) is 7.46. The number of carbonyl (C=O) groups excluding carboxylic acids is 1. The standard InChI is InChI=1S/C19H14BrClFN3O2/c20-12-3-1-11(2-4-12)18-9-25-14(10-27-18)8-17(24-25)19(26)23-16-7-13(22)5-6-15(16)21/h1-8,18H,9-10H2,(H,23,26)/t18-/m1/s1. The molecule has 0 fully saturated rings. The zero-order valence-electron chi connectivity index (χ0n) is 14.0. The van der Waals surface area contributed by atoms with E-state index < -0.39 is 11.7 Å². The second-order valence-electron chi connectivity index (χ2n) is 6.13. The van der Waals surface area contributed by atoms with E-state index in [-0.39, 0.29) is 22.5 Å². The number of benzene rings is 2. The molecule has 0 radical (unpaired) electrons. The van der Waals surface area contributed by atoms with E-state index in [2.05, 4.69) is 26.3 Å². The first-order valence-electron chi connectivity index (χ1n) is 8.20. The minimum absolute atomic E-state index is 0.140. The van der Waals surface area contributed by atoms with Gasteiger partial charge in [-0.1, -0.05) is 39.7 Å². The lowest BCUT2D eigenvalue weighted by molar-refractivity contribution is -0.00119.